The van der Waals surface area contributed by atoms with Crippen LogP contribution in [0.2, 0.25) is 0 Å². The molecule has 0 saturated carbocycles. The quantitative estimate of drug-likeness (QED) is 0.607. The van der Waals surface area contributed by atoms with Crippen molar-refractivity contribution in [3.05, 3.63) is 60.2 Å². The van der Waals surface area contributed by atoms with Gasteiger partial charge in [0, 0.05) is 31.3 Å². The van der Waals surface area contributed by atoms with Crippen LogP contribution in [-0.2, 0) is 20.9 Å². The highest BCUT2D eigenvalue weighted by Crippen LogP contribution is 2.29. The molecule has 0 aliphatic carbocycles. The highest BCUT2D eigenvalue weighted by atomic mass is 19.4. The minimum atomic E-state index is -4.81. The molecule has 0 aromatic heterocycles. The van der Waals surface area contributed by atoms with Gasteiger partial charge in [-0.25, -0.2) is 0 Å². The number of hydrogen-bond donors (Lipinski definition) is 1. The number of nitrogens with zero attached hydrogens (tertiary/aromatic N) is 1. The highest BCUT2D eigenvalue weighted by molar-refractivity contribution is 6.01. The van der Waals surface area contributed by atoms with Gasteiger partial charge in [0.1, 0.15) is 11.8 Å². The molecule has 0 radical (unpaired) electrons. The van der Waals surface area contributed by atoms with Crippen molar-refractivity contribution in [2.45, 2.75) is 38.3 Å². The van der Waals surface area contributed by atoms with Crippen LogP contribution < -0.4 is 15.0 Å². The maximum absolute atomic E-state index is 12.6. The molecule has 0 spiro atoms. The number of carbonyl (C=O) groups is 2. The second-order valence-electron chi connectivity index (χ2n) is 7.09. The van der Waals surface area contributed by atoms with Gasteiger partial charge in [0.05, 0.1) is 6.61 Å². The van der Waals surface area contributed by atoms with Crippen molar-refractivity contribution in [3.8, 4) is 5.75 Å². The molecule has 1 N–H and O–H groups in total. The predicted molar refractivity (Wildman–Crippen MR) is 107 cm³/mol. The first-order chi connectivity index (χ1) is 14.8. The van der Waals surface area contributed by atoms with Gasteiger partial charge >= 0.3 is 6.36 Å². The first-order valence-electron chi connectivity index (χ1n) is 9.90. The summed E-state index contributed by atoms with van der Waals surface area (Å²) < 4.78 is 46.7. The molecule has 6 nitrogen and oxygen atoms in total. The number of halogens is 3. The third-order valence-electron chi connectivity index (χ3n) is 4.71. The largest absolute Gasteiger partial charge is 0.573 e. The molecule has 9 heteroatoms. The average Bonchev–Trinajstić information content (AvgIpc) is 3.07. The van der Waals surface area contributed by atoms with E-state index in [1.54, 1.807) is 0 Å². The van der Waals surface area contributed by atoms with E-state index in [-0.39, 0.29) is 23.9 Å². The standard InChI is InChI=1S/C22H23F3N2O4/c23-22(24,25)31-18-9-4-8-17(14-18)27-12-11-19(21(27)29)26-20(28)10-5-13-30-15-16-6-2-1-3-7-16/h1-4,6-9,14,19H,5,10-13,15H2,(H,26,28). The second kappa shape index (κ2) is 10.3. The van der Waals surface area contributed by atoms with E-state index < -0.39 is 18.2 Å². The van der Waals surface area contributed by atoms with Crippen LogP contribution in [-0.4, -0.2) is 37.4 Å². The van der Waals surface area contributed by atoms with Gasteiger partial charge in [0.25, 0.3) is 0 Å². The molecule has 1 aliphatic rings. The fourth-order valence-electron chi connectivity index (χ4n) is 3.28. The van der Waals surface area contributed by atoms with Gasteiger partial charge in [-0.2, -0.15) is 0 Å². The lowest BCUT2D eigenvalue weighted by Gasteiger charge is -2.18. The number of nitrogens with one attached hydrogen (secondary N) is 1. The summed E-state index contributed by atoms with van der Waals surface area (Å²) in [5, 5.41) is 2.69. The van der Waals surface area contributed by atoms with Crippen LogP contribution in [0, 0.1) is 0 Å². The molecule has 1 fully saturated rings. The van der Waals surface area contributed by atoms with E-state index in [0.717, 1.165) is 17.7 Å². The molecule has 1 unspecified atom stereocenters. The Morgan fingerprint density at radius 3 is 2.65 bits per heavy atom. The van der Waals surface area contributed by atoms with Gasteiger partial charge in [-0.3, -0.25) is 9.59 Å². The zero-order valence-corrected chi connectivity index (χ0v) is 16.7. The van der Waals surface area contributed by atoms with Crippen LogP contribution in [0.3, 0.4) is 0 Å². The van der Waals surface area contributed by atoms with E-state index in [9.17, 15) is 22.8 Å². The van der Waals surface area contributed by atoms with Gasteiger partial charge in [-0.05, 0) is 30.5 Å². The van der Waals surface area contributed by atoms with Crippen LogP contribution in [0.15, 0.2) is 54.6 Å². The van der Waals surface area contributed by atoms with Gasteiger partial charge < -0.3 is 19.7 Å². The van der Waals surface area contributed by atoms with Crippen LogP contribution >= 0.6 is 0 Å². The Kier molecular flexibility index (Phi) is 7.51. The molecule has 1 atom stereocenters. The Hall–Kier alpha value is -3.07. The Labute approximate surface area is 177 Å². The Bertz CT molecular complexity index is 890. The number of benzene rings is 2. The molecule has 2 aromatic rings. The zero-order chi connectivity index (χ0) is 22.3. The number of alkyl halides is 3. The minimum absolute atomic E-state index is 0.216. The van der Waals surface area contributed by atoms with Crippen LogP contribution in [0.1, 0.15) is 24.8 Å². The van der Waals surface area contributed by atoms with Crippen LogP contribution in [0.25, 0.3) is 0 Å². The van der Waals surface area contributed by atoms with Crippen molar-refractivity contribution in [3.63, 3.8) is 0 Å². The molecular formula is C22H23F3N2O4. The van der Waals surface area contributed by atoms with E-state index in [0.29, 0.717) is 32.6 Å². The Morgan fingerprint density at radius 1 is 1.13 bits per heavy atom. The molecule has 31 heavy (non-hydrogen) atoms. The number of ether oxygens (including phenoxy) is 2. The summed E-state index contributed by atoms with van der Waals surface area (Å²) in [6, 6.07) is 14.2. The summed E-state index contributed by atoms with van der Waals surface area (Å²) in [5.41, 5.74) is 1.34. The summed E-state index contributed by atoms with van der Waals surface area (Å²) in [6.45, 7) is 1.17. The van der Waals surface area contributed by atoms with E-state index in [4.69, 9.17) is 4.74 Å². The maximum Gasteiger partial charge on any atom is 0.573 e. The number of carbonyl (C=O) groups excluding carboxylic acids is 2. The van der Waals surface area contributed by atoms with Crippen LogP contribution in [0.5, 0.6) is 5.75 Å². The number of hydrogen-bond acceptors (Lipinski definition) is 4. The van der Waals surface area contributed by atoms with E-state index in [1.165, 1.54) is 17.0 Å². The molecule has 0 bridgehead atoms. The summed E-state index contributed by atoms with van der Waals surface area (Å²) in [7, 11) is 0. The summed E-state index contributed by atoms with van der Waals surface area (Å²) in [6.07, 6.45) is -3.71. The minimum Gasteiger partial charge on any atom is -0.406 e. The monoisotopic (exact) mass is 436 g/mol. The highest BCUT2D eigenvalue weighted by Gasteiger charge is 2.35. The van der Waals surface area contributed by atoms with Gasteiger partial charge in [-0.1, -0.05) is 36.4 Å². The van der Waals surface area contributed by atoms with Crippen molar-refractivity contribution >= 4 is 17.5 Å². The second-order valence-corrected chi connectivity index (χ2v) is 7.09. The first-order valence-corrected chi connectivity index (χ1v) is 9.90. The van der Waals surface area contributed by atoms with Gasteiger partial charge in [-0.15, -0.1) is 13.2 Å². The molecule has 2 aromatic carbocycles. The number of amides is 2. The lowest BCUT2D eigenvalue weighted by atomic mass is 10.2. The fraction of sp³-hybridized carbons (Fsp3) is 0.364. The molecule has 166 valence electrons. The van der Waals surface area contributed by atoms with E-state index in [1.807, 2.05) is 30.3 Å². The predicted octanol–water partition coefficient (Wildman–Crippen LogP) is 3.80. The van der Waals surface area contributed by atoms with E-state index >= 15 is 0 Å². The van der Waals surface area contributed by atoms with Gasteiger partial charge in [0.2, 0.25) is 11.8 Å². The van der Waals surface area contributed by atoms with Crippen molar-refractivity contribution in [1.29, 1.82) is 0 Å². The molecule has 2 amide bonds. The smallest absolute Gasteiger partial charge is 0.406 e. The third kappa shape index (κ3) is 6.99. The Balaban J connectivity index is 1.42. The molecule has 1 heterocycles. The summed E-state index contributed by atoms with van der Waals surface area (Å²) in [4.78, 5) is 26.1. The average molecular weight is 436 g/mol. The van der Waals surface area contributed by atoms with Crippen molar-refractivity contribution in [2.24, 2.45) is 0 Å². The van der Waals surface area contributed by atoms with Gasteiger partial charge in [0.15, 0.2) is 0 Å². The lowest BCUT2D eigenvalue weighted by molar-refractivity contribution is -0.274. The molecular weight excluding hydrogens is 413 g/mol. The molecule has 3 rings (SSSR count). The van der Waals surface area contributed by atoms with E-state index in [2.05, 4.69) is 10.1 Å². The first kappa shape index (κ1) is 22.6. The van der Waals surface area contributed by atoms with Crippen molar-refractivity contribution < 1.29 is 32.2 Å². The molecule has 1 aliphatic heterocycles. The number of anilines is 1. The van der Waals surface area contributed by atoms with Crippen molar-refractivity contribution in [2.75, 3.05) is 18.1 Å². The SMILES string of the molecule is O=C(CCCOCc1ccccc1)NC1CCN(c2cccc(OC(F)(F)F)c2)C1=O. The fourth-order valence-corrected chi connectivity index (χ4v) is 3.28. The summed E-state index contributed by atoms with van der Waals surface area (Å²) >= 11 is 0. The Morgan fingerprint density at radius 2 is 1.90 bits per heavy atom. The van der Waals surface area contributed by atoms with Crippen molar-refractivity contribution in [1.82, 2.24) is 5.32 Å². The zero-order valence-electron chi connectivity index (χ0n) is 16.7. The third-order valence-corrected chi connectivity index (χ3v) is 4.71. The molecule has 1 saturated heterocycles. The maximum atomic E-state index is 12.6. The number of rotatable bonds is 9. The summed E-state index contributed by atoms with van der Waals surface area (Å²) in [5.74, 6) is -1.03. The lowest BCUT2D eigenvalue weighted by Crippen LogP contribution is -2.41. The van der Waals surface area contributed by atoms with Crippen LogP contribution in [0.4, 0.5) is 18.9 Å². The normalized spacial score (nSPS) is 16.4. The topological polar surface area (TPSA) is 67.9 Å².